The third-order valence-electron chi connectivity index (χ3n) is 4.23. The first kappa shape index (κ1) is 21.8. The molecule has 0 saturated carbocycles. The van der Waals surface area contributed by atoms with E-state index in [1.165, 1.54) is 37.6 Å². The van der Waals surface area contributed by atoms with Crippen molar-refractivity contribution in [1.29, 1.82) is 0 Å². The number of alkyl halides is 3. The Balaban J connectivity index is 1.97. The standard InChI is InChI=1S/C19H18F3N3O4S/c1-10(27-3)8-15-24-18(30-25-15)13-4-5-14(11(2)16(13)29-19(20,21)22)23-17(26)12-6-7-28-9-12/h4-7,9-10H,8H2,1-3H3,(H,23,26). The molecule has 1 unspecified atom stereocenters. The first-order valence-corrected chi connectivity index (χ1v) is 9.54. The van der Waals surface area contributed by atoms with Crippen LogP contribution in [0, 0.1) is 6.92 Å². The molecular formula is C19H18F3N3O4S. The van der Waals surface area contributed by atoms with Crippen molar-refractivity contribution in [3.63, 3.8) is 0 Å². The van der Waals surface area contributed by atoms with Crippen LogP contribution in [-0.4, -0.2) is 34.8 Å². The molecule has 3 aromatic rings. The Bertz CT molecular complexity index is 1020. The van der Waals surface area contributed by atoms with Gasteiger partial charge in [-0.2, -0.15) is 4.37 Å². The highest BCUT2D eigenvalue weighted by molar-refractivity contribution is 7.09. The predicted octanol–water partition coefficient (Wildman–Crippen LogP) is 4.83. The lowest BCUT2D eigenvalue weighted by atomic mass is 10.1. The highest BCUT2D eigenvalue weighted by Crippen LogP contribution is 2.40. The molecule has 0 fully saturated rings. The summed E-state index contributed by atoms with van der Waals surface area (Å²) in [5.41, 5.74) is 0.628. The van der Waals surface area contributed by atoms with E-state index in [0.717, 1.165) is 11.5 Å². The molecule has 1 atom stereocenters. The molecule has 1 aromatic carbocycles. The van der Waals surface area contributed by atoms with E-state index in [2.05, 4.69) is 19.4 Å². The zero-order chi connectivity index (χ0) is 21.9. The van der Waals surface area contributed by atoms with Gasteiger partial charge in [-0.15, -0.1) is 13.2 Å². The lowest BCUT2D eigenvalue weighted by Crippen LogP contribution is -2.19. The molecule has 160 valence electrons. The van der Waals surface area contributed by atoms with Gasteiger partial charge in [-0.05, 0) is 43.6 Å². The van der Waals surface area contributed by atoms with Crippen LogP contribution in [0.4, 0.5) is 18.9 Å². The van der Waals surface area contributed by atoms with Crippen molar-refractivity contribution in [2.75, 3.05) is 12.4 Å². The number of amides is 1. The number of aromatic nitrogens is 2. The summed E-state index contributed by atoms with van der Waals surface area (Å²) in [5, 5.41) is 2.83. The Morgan fingerprint density at radius 2 is 2.10 bits per heavy atom. The number of nitrogens with one attached hydrogen (secondary N) is 1. The second kappa shape index (κ2) is 8.84. The highest BCUT2D eigenvalue weighted by Gasteiger charge is 2.34. The third-order valence-corrected chi connectivity index (χ3v) is 5.01. The number of ether oxygens (including phenoxy) is 2. The minimum atomic E-state index is -4.93. The minimum absolute atomic E-state index is 0.101. The zero-order valence-corrected chi connectivity index (χ0v) is 17.1. The number of benzene rings is 1. The van der Waals surface area contributed by atoms with Crippen molar-refractivity contribution in [2.45, 2.75) is 32.7 Å². The van der Waals surface area contributed by atoms with E-state index in [0.29, 0.717) is 12.2 Å². The van der Waals surface area contributed by atoms with Crippen molar-refractivity contribution in [3.05, 3.63) is 47.7 Å². The van der Waals surface area contributed by atoms with Crippen molar-refractivity contribution in [1.82, 2.24) is 9.36 Å². The van der Waals surface area contributed by atoms with Crippen molar-refractivity contribution in [2.24, 2.45) is 0 Å². The number of hydrogen-bond donors (Lipinski definition) is 1. The molecule has 1 amide bonds. The Morgan fingerprint density at radius 1 is 1.33 bits per heavy atom. The second-order valence-corrected chi connectivity index (χ2v) is 7.15. The molecule has 0 spiro atoms. The van der Waals surface area contributed by atoms with E-state index in [1.807, 2.05) is 6.92 Å². The summed E-state index contributed by atoms with van der Waals surface area (Å²) < 4.78 is 57.7. The van der Waals surface area contributed by atoms with Gasteiger partial charge in [0.2, 0.25) is 0 Å². The summed E-state index contributed by atoms with van der Waals surface area (Å²) >= 11 is 0.958. The number of furan rings is 1. The summed E-state index contributed by atoms with van der Waals surface area (Å²) in [6, 6.07) is 4.34. The average Bonchev–Trinajstić information content (AvgIpc) is 3.36. The van der Waals surface area contributed by atoms with Gasteiger partial charge < -0.3 is 19.2 Å². The summed E-state index contributed by atoms with van der Waals surface area (Å²) in [4.78, 5) is 16.6. The topological polar surface area (TPSA) is 86.5 Å². The van der Waals surface area contributed by atoms with Gasteiger partial charge in [-0.25, -0.2) is 4.98 Å². The van der Waals surface area contributed by atoms with E-state index in [9.17, 15) is 18.0 Å². The third kappa shape index (κ3) is 5.16. The molecule has 1 N–H and O–H groups in total. The molecular weight excluding hydrogens is 423 g/mol. The monoisotopic (exact) mass is 441 g/mol. The molecule has 0 radical (unpaired) electrons. The highest BCUT2D eigenvalue weighted by atomic mass is 32.1. The van der Waals surface area contributed by atoms with Gasteiger partial charge in [0, 0.05) is 24.8 Å². The van der Waals surface area contributed by atoms with Crippen LogP contribution in [-0.2, 0) is 11.2 Å². The fourth-order valence-corrected chi connectivity index (χ4v) is 3.33. The maximum Gasteiger partial charge on any atom is 0.573 e. The van der Waals surface area contributed by atoms with Crippen molar-refractivity contribution < 1.29 is 31.9 Å². The molecule has 0 aliphatic rings. The van der Waals surface area contributed by atoms with E-state index >= 15 is 0 Å². The van der Waals surface area contributed by atoms with Gasteiger partial charge >= 0.3 is 6.36 Å². The van der Waals surface area contributed by atoms with Crippen molar-refractivity contribution in [3.8, 4) is 16.3 Å². The predicted molar refractivity (Wildman–Crippen MR) is 104 cm³/mol. The average molecular weight is 441 g/mol. The van der Waals surface area contributed by atoms with E-state index < -0.39 is 18.0 Å². The molecule has 0 aliphatic carbocycles. The fourth-order valence-electron chi connectivity index (χ4n) is 2.62. The molecule has 2 heterocycles. The van der Waals surface area contributed by atoms with Crippen LogP contribution in [0.25, 0.3) is 10.6 Å². The number of methoxy groups -OCH3 is 1. The van der Waals surface area contributed by atoms with E-state index in [-0.39, 0.29) is 33.5 Å². The molecule has 11 heteroatoms. The van der Waals surface area contributed by atoms with Gasteiger partial charge in [-0.3, -0.25) is 4.79 Å². The first-order valence-electron chi connectivity index (χ1n) is 8.76. The summed E-state index contributed by atoms with van der Waals surface area (Å²) in [7, 11) is 1.55. The first-order chi connectivity index (χ1) is 14.2. The van der Waals surface area contributed by atoms with E-state index in [1.54, 1.807) is 7.11 Å². The quantitative estimate of drug-likeness (QED) is 0.565. The van der Waals surface area contributed by atoms with Crippen LogP contribution in [0.5, 0.6) is 5.75 Å². The van der Waals surface area contributed by atoms with Crippen LogP contribution >= 0.6 is 11.5 Å². The fraction of sp³-hybridized carbons (Fsp3) is 0.316. The Kier molecular flexibility index (Phi) is 6.42. The number of hydrogen-bond acceptors (Lipinski definition) is 7. The number of carbonyl (C=O) groups excluding carboxylic acids is 1. The van der Waals surface area contributed by atoms with Crippen LogP contribution in [0.15, 0.2) is 35.1 Å². The SMILES string of the molecule is COC(C)Cc1nsc(-c2ccc(NC(=O)c3ccoc3)c(C)c2OC(F)(F)F)n1. The normalized spacial score (nSPS) is 12.6. The van der Waals surface area contributed by atoms with Crippen LogP contribution in [0.2, 0.25) is 0 Å². The maximum absolute atomic E-state index is 13.1. The lowest BCUT2D eigenvalue weighted by Gasteiger charge is -2.17. The molecule has 3 rings (SSSR count). The maximum atomic E-state index is 13.1. The summed E-state index contributed by atoms with van der Waals surface area (Å²) in [6.45, 7) is 3.25. The van der Waals surface area contributed by atoms with Gasteiger partial charge in [0.05, 0.1) is 23.5 Å². The number of nitrogens with zero attached hydrogens (tertiary/aromatic N) is 2. The number of halogens is 3. The van der Waals surface area contributed by atoms with Gasteiger partial charge in [0.25, 0.3) is 5.91 Å². The van der Waals surface area contributed by atoms with Crippen LogP contribution in [0.1, 0.15) is 28.7 Å². The molecule has 0 bridgehead atoms. The smallest absolute Gasteiger partial charge is 0.472 e. The summed E-state index contributed by atoms with van der Waals surface area (Å²) in [5.74, 6) is -0.517. The number of rotatable bonds is 7. The number of anilines is 1. The molecule has 0 saturated heterocycles. The van der Waals surface area contributed by atoms with Crippen LogP contribution in [0.3, 0.4) is 0 Å². The van der Waals surface area contributed by atoms with E-state index in [4.69, 9.17) is 9.15 Å². The molecule has 30 heavy (non-hydrogen) atoms. The Labute approximate surface area is 174 Å². The zero-order valence-electron chi connectivity index (χ0n) is 16.2. The molecule has 7 nitrogen and oxygen atoms in total. The van der Waals surface area contributed by atoms with Gasteiger partial charge in [0.15, 0.2) is 0 Å². The summed E-state index contributed by atoms with van der Waals surface area (Å²) in [6.07, 6.45) is -2.10. The van der Waals surface area contributed by atoms with Crippen LogP contribution < -0.4 is 10.1 Å². The minimum Gasteiger partial charge on any atom is -0.472 e. The largest absolute Gasteiger partial charge is 0.573 e. The van der Waals surface area contributed by atoms with Gasteiger partial charge in [0.1, 0.15) is 22.8 Å². The number of carbonyl (C=O) groups is 1. The Hall–Kier alpha value is -2.92. The van der Waals surface area contributed by atoms with Crippen molar-refractivity contribution >= 4 is 23.1 Å². The molecule has 0 aliphatic heterocycles. The molecule has 2 aromatic heterocycles. The van der Waals surface area contributed by atoms with Gasteiger partial charge in [-0.1, -0.05) is 0 Å². The Morgan fingerprint density at radius 3 is 2.73 bits per heavy atom. The second-order valence-electron chi connectivity index (χ2n) is 6.39. The lowest BCUT2D eigenvalue weighted by molar-refractivity contribution is -0.274.